The second-order valence-electron chi connectivity index (χ2n) is 12.8. The lowest BCUT2D eigenvalue weighted by molar-refractivity contribution is -0.141. The van der Waals surface area contributed by atoms with E-state index >= 15 is 0 Å². The van der Waals surface area contributed by atoms with Crippen LogP contribution in [0, 0.1) is 41.8 Å². The third-order valence-corrected chi connectivity index (χ3v) is 10.6. The molecular weight excluding hydrogens is 603 g/mol. The molecule has 0 radical (unpaired) electrons. The van der Waals surface area contributed by atoms with Crippen molar-refractivity contribution in [3.63, 3.8) is 0 Å². The van der Waals surface area contributed by atoms with E-state index in [9.17, 15) is 33.5 Å². The Morgan fingerprint density at radius 1 is 1.02 bits per heavy atom. The van der Waals surface area contributed by atoms with Crippen LogP contribution in [0.2, 0.25) is 5.02 Å². The van der Waals surface area contributed by atoms with Gasteiger partial charge >= 0.3 is 5.97 Å². The fraction of sp³-hybridized carbons (Fsp3) is 0.441. The minimum absolute atomic E-state index is 0.0225. The number of amides is 4. The van der Waals surface area contributed by atoms with Gasteiger partial charge in [-0.25, -0.2) is 9.29 Å². The average Bonchev–Trinajstić information content (AvgIpc) is 3.35. The number of carbonyl (C=O) groups is 5. The second kappa shape index (κ2) is 11.4. The molecule has 236 valence electrons. The van der Waals surface area contributed by atoms with Crippen molar-refractivity contribution in [2.45, 2.75) is 58.3 Å². The van der Waals surface area contributed by atoms with Gasteiger partial charge in [0.2, 0.25) is 23.6 Å². The number of rotatable bonds is 8. The molecule has 2 saturated heterocycles. The lowest BCUT2D eigenvalue weighted by Crippen LogP contribution is -2.48. The molecule has 6 unspecified atom stereocenters. The molecule has 0 bridgehead atoms. The van der Waals surface area contributed by atoms with Gasteiger partial charge in [0.25, 0.3) is 0 Å². The number of benzene rings is 2. The molecule has 4 aliphatic rings. The van der Waals surface area contributed by atoms with Crippen molar-refractivity contribution in [2.75, 3.05) is 11.4 Å². The van der Waals surface area contributed by atoms with Gasteiger partial charge in [0.05, 0.1) is 33.9 Å². The van der Waals surface area contributed by atoms with Gasteiger partial charge in [-0.05, 0) is 80.8 Å². The Kier molecular flexibility index (Phi) is 7.83. The first-order chi connectivity index (χ1) is 21.4. The molecule has 4 amide bonds. The number of imide groups is 2. The van der Waals surface area contributed by atoms with Crippen molar-refractivity contribution in [3.05, 3.63) is 70.0 Å². The Hall–Kier alpha value is -4.05. The van der Waals surface area contributed by atoms with Gasteiger partial charge in [0, 0.05) is 18.9 Å². The summed E-state index contributed by atoms with van der Waals surface area (Å²) in [7, 11) is 0. The van der Waals surface area contributed by atoms with Gasteiger partial charge < -0.3 is 10.2 Å². The number of unbranched alkanes of at least 4 members (excludes halogenated alkanes) is 2. The van der Waals surface area contributed by atoms with Crippen LogP contribution in [0.4, 0.5) is 10.1 Å². The molecule has 2 aromatic carbocycles. The number of fused-ring (bicyclic) bond motifs is 4. The van der Waals surface area contributed by atoms with E-state index in [4.69, 9.17) is 16.7 Å². The summed E-state index contributed by atoms with van der Waals surface area (Å²) in [5.74, 6) is -6.24. The quantitative estimate of drug-likeness (QED) is 0.226. The maximum atomic E-state index is 14.4. The molecule has 3 fully saturated rings. The van der Waals surface area contributed by atoms with Crippen LogP contribution >= 0.6 is 11.6 Å². The summed E-state index contributed by atoms with van der Waals surface area (Å²) in [6.45, 7) is 3.70. The topological polar surface area (TPSA) is 132 Å². The summed E-state index contributed by atoms with van der Waals surface area (Å²) in [5.41, 5.74) is 1.00. The molecule has 2 N–H and O–H groups in total. The summed E-state index contributed by atoms with van der Waals surface area (Å²) in [4.78, 5) is 69.3. The summed E-state index contributed by atoms with van der Waals surface area (Å²) in [6, 6.07) is 8.77. The number of hydrogen-bond donors (Lipinski definition) is 2. The van der Waals surface area contributed by atoms with Crippen LogP contribution in [0.25, 0.3) is 0 Å². The first-order valence-electron chi connectivity index (χ1n) is 15.3. The van der Waals surface area contributed by atoms with E-state index in [1.54, 1.807) is 32.0 Å². The zero-order valence-corrected chi connectivity index (χ0v) is 25.7. The van der Waals surface area contributed by atoms with Gasteiger partial charge in [0.1, 0.15) is 11.6 Å². The highest BCUT2D eigenvalue weighted by molar-refractivity contribution is 6.31. The number of anilines is 1. The summed E-state index contributed by atoms with van der Waals surface area (Å²) in [5, 5.41) is 19.0. The molecule has 0 spiro atoms. The van der Waals surface area contributed by atoms with Gasteiger partial charge in [-0.1, -0.05) is 41.8 Å². The number of carbonyl (C=O) groups excluding carboxylic acids is 4. The number of nitrogens with zero attached hydrogens (tertiary/aromatic N) is 2. The van der Waals surface area contributed by atoms with Crippen molar-refractivity contribution in [3.8, 4) is 5.75 Å². The molecule has 11 heteroatoms. The Bertz CT molecular complexity index is 1670. The van der Waals surface area contributed by atoms with Crippen LogP contribution < -0.4 is 4.90 Å². The normalized spacial score (nSPS) is 29.1. The summed E-state index contributed by atoms with van der Waals surface area (Å²) >= 11 is 6.05. The van der Waals surface area contributed by atoms with E-state index in [2.05, 4.69) is 0 Å². The molecule has 6 atom stereocenters. The molecule has 1 saturated carbocycles. The number of halogens is 2. The smallest absolute Gasteiger partial charge is 0.303 e. The number of phenolic OH excluding ortho intramolecular Hbond substituents is 1. The largest absolute Gasteiger partial charge is 0.508 e. The SMILES string of the molecule is Cc1cc(C2C3=CCC4C(=O)N(CCCCCC(=O)O)C(=O)C4C3CC3C(=O)N(c4ccc(F)c(Cl)c4)C(=O)C32C)ccc1O. The highest BCUT2D eigenvalue weighted by atomic mass is 35.5. The third kappa shape index (κ3) is 4.85. The maximum absolute atomic E-state index is 14.4. The zero-order chi connectivity index (χ0) is 32.4. The van der Waals surface area contributed by atoms with Crippen molar-refractivity contribution in [1.82, 2.24) is 4.90 Å². The predicted octanol–water partition coefficient (Wildman–Crippen LogP) is 5.37. The molecule has 2 aliphatic carbocycles. The number of carboxylic acid groups (broad SMARTS) is 1. The summed E-state index contributed by atoms with van der Waals surface area (Å²) < 4.78 is 14.0. The van der Waals surface area contributed by atoms with Gasteiger partial charge in [0.15, 0.2) is 0 Å². The first-order valence-corrected chi connectivity index (χ1v) is 15.6. The number of aryl methyl sites for hydroxylation is 1. The van der Waals surface area contributed by atoms with Crippen LogP contribution in [0.3, 0.4) is 0 Å². The van der Waals surface area contributed by atoms with Gasteiger partial charge in [-0.15, -0.1) is 0 Å². The van der Waals surface area contributed by atoms with Gasteiger partial charge in [-0.2, -0.15) is 0 Å². The monoisotopic (exact) mass is 636 g/mol. The van der Waals surface area contributed by atoms with Crippen LogP contribution in [-0.4, -0.2) is 51.3 Å². The van der Waals surface area contributed by atoms with E-state index in [0.29, 0.717) is 36.8 Å². The molecule has 2 heterocycles. The van der Waals surface area contributed by atoms with Crippen molar-refractivity contribution < 1.29 is 38.6 Å². The Morgan fingerprint density at radius 3 is 2.47 bits per heavy atom. The van der Waals surface area contributed by atoms with E-state index in [-0.39, 0.29) is 47.7 Å². The molecular formula is C34H34ClFN2O7. The van der Waals surface area contributed by atoms with E-state index in [0.717, 1.165) is 16.5 Å². The fourth-order valence-corrected chi connectivity index (χ4v) is 8.31. The number of likely N-dealkylation sites (tertiary alicyclic amines) is 1. The minimum Gasteiger partial charge on any atom is -0.508 e. The number of phenols is 1. The maximum Gasteiger partial charge on any atom is 0.303 e. The van der Waals surface area contributed by atoms with Crippen LogP contribution in [0.15, 0.2) is 48.0 Å². The first kappa shape index (κ1) is 31.0. The predicted molar refractivity (Wildman–Crippen MR) is 162 cm³/mol. The lowest BCUT2D eigenvalue weighted by atomic mass is 9.51. The van der Waals surface area contributed by atoms with Crippen LogP contribution in [0.5, 0.6) is 5.75 Å². The number of aromatic hydroxyl groups is 1. The number of allylic oxidation sites excluding steroid dienone is 2. The van der Waals surface area contributed by atoms with E-state index < -0.39 is 58.6 Å². The Balaban J connectivity index is 1.39. The van der Waals surface area contributed by atoms with E-state index in [1.807, 2.05) is 6.08 Å². The second-order valence-corrected chi connectivity index (χ2v) is 13.2. The molecule has 2 aliphatic heterocycles. The van der Waals surface area contributed by atoms with Crippen molar-refractivity contribution >= 4 is 46.9 Å². The molecule has 0 aromatic heterocycles. The average molecular weight is 637 g/mol. The molecule has 9 nitrogen and oxygen atoms in total. The van der Waals surface area contributed by atoms with Crippen molar-refractivity contribution in [1.29, 1.82) is 0 Å². The van der Waals surface area contributed by atoms with E-state index in [1.165, 1.54) is 17.0 Å². The highest BCUT2D eigenvalue weighted by Gasteiger charge is 2.67. The number of aliphatic carboxylic acids is 1. The molecule has 2 aromatic rings. The molecule has 45 heavy (non-hydrogen) atoms. The number of hydrogen-bond acceptors (Lipinski definition) is 6. The van der Waals surface area contributed by atoms with Crippen LogP contribution in [0.1, 0.15) is 62.5 Å². The lowest BCUT2D eigenvalue weighted by Gasteiger charge is -2.49. The fourth-order valence-electron chi connectivity index (χ4n) is 8.13. The third-order valence-electron chi connectivity index (χ3n) is 10.4. The minimum atomic E-state index is -1.27. The Labute approximate surface area is 264 Å². The summed E-state index contributed by atoms with van der Waals surface area (Å²) in [6.07, 6.45) is 3.97. The van der Waals surface area contributed by atoms with Crippen LogP contribution in [-0.2, 0) is 24.0 Å². The zero-order valence-electron chi connectivity index (χ0n) is 25.0. The number of carboxylic acids is 1. The Morgan fingerprint density at radius 2 is 1.78 bits per heavy atom. The van der Waals surface area contributed by atoms with Gasteiger partial charge in [-0.3, -0.25) is 28.9 Å². The highest BCUT2D eigenvalue weighted by Crippen LogP contribution is 2.63. The van der Waals surface area contributed by atoms with Crippen molar-refractivity contribution in [2.24, 2.45) is 29.1 Å². The molecule has 6 rings (SSSR count). The standard InChI is InChI=1S/C34H34ClFN2O7/c1-17-14-18(7-12-26(17)39)29-20-9-10-21-28(32(44)37(30(21)42)13-5-3-4-6-27(40)41)22(20)16-23-31(43)38(33(45)34(23,29)2)19-8-11-25(36)24(35)15-19/h7-9,11-12,14-15,21-23,28-29,39H,3-6,10,13,16H2,1-2H3,(H,40,41).